The van der Waals surface area contributed by atoms with E-state index in [9.17, 15) is 9.59 Å². The minimum Gasteiger partial charge on any atom is -0.493 e. The Bertz CT molecular complexity index is 1250. The second-order valence-electron chi connectivity index (χ2n) is 6.96. The predicted molar refractivity (Wildman–Crippen MR) is 129 cm³/mol. The Balaban J connectivity index is 1.47. The third-order valence-electron chi connectivity index (χ3n) is 4.85. The summed E-state index contributed by atoms with van der Waals surface area (Å²) < 4.78 is 15.7. The lowest BCUT2D eigenvalue weighted by atomic mass is 10.1. The van der Waals surface area contributed by atoms with Crippen molar-refractivity contribution in [2.75, 3.05) is 20.8 Å². The zero-order chi connectivity index (χ0) is 23.2. The molecule has 0 amide bonds. The highest BCUT2D eigenvalue weighted by molar-refractivity contribution is 7.17. The first-order chi connectivity index (χ1) is 16.1. The molecule has 0 bridgehead atoms. The third-order valence-corrected chi connectivity index (χ3v) is 6.83. The zero-order valence-electron chi connectivity index (χ0n) is 18.1. The maximum absolute atomic E-state index is 12.6. The Hall–Kier alpha value is -3.49. The summed E-state index contributed by atoms with van der Waals surface area (Å²) in [6.07, 6.45) is 0.0386. The third kappa shape index (κ3) is 5.30. The number of carbonyl (C=O) groups is 2. The summed E-state index contributed by atoms with van der Waals surface area (Å²) in [7, 11) is 3.02. The molecule has 0 atom stereocenters. The number of Topliss-reactive ketones (excluding diaryl/α,β-unsaturated/α-hetero) is 1. The van der Waals surface area contributed by atoms with E-state index in [4.69, 9.17) is 19.2 Å². The second kappa shape index (κ2) is 10.4. The SMILES string of the molecule is COc1ccc(C(=O)COC(=O)Cc2sc(-c3ccccc3)nc2-c2cccs2)cc1OC. The molecule has 168 valence electrons. The van der Waals surface area contributed by atoms with Crippen LogP contribution in [0.1, 0.15) is 15.2 Å². The van der Waals surface area contributed by atoms with Gasteiger partial charge in [-0.1, -0.05) is 36.4 Å². The number of ketones is 1. The highest BCUT2D eigenvalue weighted by Crippen LogP contribution is 2.36. The second-order valence-corrected chi connectivity index (χ2v) is 9.00. The molecule has 0 aliphatic carbocycles. The van der Waals surface area contributed by atoms with E-state index in [0.717, 1.165) is 26.0 Å². The van der Waals surface area contributed by atoms with Gasteiger partial charge in [0.15, 0.2) is 23.9 Å². The molecule has 2 heterocycles. The number of rotatable bonds is 9. The number of esters is 1. The first-order valence-corrected chi connectivity index (χ1v) is 11.8. The fraction of sp³-hybridized carbons (Fsp3) is 0.160. The van der Waals surface area contributed by atoms with Crippen molar-refractivity contribution in [2.45, 2.75) is 6.42 Å². The van der Waals surface area contributed by atoms with Gasteiger partial charge >= 0.3 is 5.97 Å². The van der Waals surface area contributed by atoms with Crippen molar-refractivity contribution < 1.29 is 23.8 Å². The Morgan fingerprint density at radius 1 is 0.939 bits per heavy atom. The molecule has 33 heavy (non-hydrogen) atoms. The van der Waals surface area contributed by atoms with Crippen LogP contribution in [-0.2, 0) is 16.0 Å². The Morgan fingerprint density at radius 2 is 1.73 bits per heavy atom. The van der Waals surface area contributed by atoms with Crippen LogP contribution in [0.2, 0.25) is 0 Å². The van der Waals surface area contributed by atoms with Gasteiger partial charge in [-0.3, -0.25) is 9.59 Å². The lowest BCUT2D eigenvalue weighted by Crippen LogP contribution is -2.15. The molecular formula is C25H21NO5S2. The lowest BCUT2D eigenvalue weighted by molar-refractivity contribution is -0.141. The quantitative estimate of drug-likeness (QED) is 0.232. The van der Waals surface area contributed by atoms with Crippen molar-refractivity contribution in [1.29, 1.82) is 0 Å². The topological polar surface area (TPSA) is 74.7 Å². The van der Waals surface area contributed by atoms with E-state index >= 15 is 0 Å². The van der Waals surface area contributed by atoms with E-state index in [1.807, 2.05) is 47.8 Å². The summed E-state index contributed by atoms with van der Waals surface area (Å²) in [4.78, 5) is 31.7. The number of thiophene rings is 1. The first-order valence-electron chi connectivity index (χ1n) is 10.1. The molecule has 0 N–H and O–H groups in total. The van der Waals surface area contributed by atoms with Gasteiger partial charge in [-0.25, -0.2) is 4.98 Å². The first kappa shape index (κ1) is 22.7. The lowest BCUT2D eigenvalue weighted by Gasteiger charge is -2.09. The molecule has 0 saturated heterocycles. The smallest absolute Gasteiger partial charge is 0.311 e. The Morgan fingerprint density at radius 3 is 2.42 bits per heavy atom. The summed E-state index contributed by atoms with van der Waals surface area (Å²) in [5.41, 5.74) is 2.14. The molecule has 2 aromatic carbocycles. The fourth-order valence-electron chi connectivity index (χ4n) is 3.20. The number of ether oxygens (including phenoxy) is 3. The van der Waals surface area contributed by atoms with Crippen molar-refractivity contribution in [1.82, 2.24) is 4.98 Å². The summed E-state index contributed by atoms with van der Waals surface area (Å²) in [5.74, 6) is 0.155. The van der Waals surface area contributed by atoms with Gasteiger partial charge in [0.2, 0.25) is 0 Å². The maximum atomic E-state index is 12.6. The number of thiazole rings is 1. The summed E-state index contributed by atoms with van der Waals surface area (Å²) in [6.45, 7) is -0.354. The molecule has 8 heteroatoms. The average Bonchev–Trinajstić information content (AvgIpc) is 3.53. The number of methoxy groups -OCH3 is 2. The van der Waals surface area contributed by atoms with E-state index in [-0.39, 0.29) is 18.8 Å². The van der Waals surface area contributed by atoms with Crippen LogP contribution < -0.4 is 9.47 Å². The van der Waals surface area contributed by atoms with Crippen molar-refractivity contribution >= 4 is 34.4 Å². The molecule has 0 fully saturated rings. The summed E-state index contributed by atoms with van der Waals surface area (Å²) in [5, 5.41) is 2.81. The monoisotopic (exact) mass is 479 g/mol. The van der Waals surface area contributed by atoms with Gasteiger partial charge in [0.05, 0.1) is 31.2 Å². The van der Waals surface area contributed by atoms with E-state index in [2.05, 4.69) is 0 Å². The van der Waals surface area contributed by atoms with Crippen LogP contribution in [0.5, 0.6) is 11.5 Å². The van der Waals surface area contributed by atoms with Crippen molar-refractivity contribution in [3.8, 4) is 32.6 Å². The average molecular weight is 480 g/mol. The van der Waals surface area contributed by atoms with Crippen molar-refractivity contribution in [3.05, 3.63) is 76.5 Å². The summed E-state index contributed by atoms with van der Waals surface area (Å²) >= 11 is 3.02. The van der Waals surface area contributed by atoms with E-state index in [1.54, 1.807) is 29.5 Å². The maximum Gasteiger partial charge on any atom is 0.311 e. The number of hydrogen-bond donors (Lipinski definition) is 0. The number of hydrogen-bond acceptors (Lipinski definition) is 8. The minimum atomic E-state index is -0.482. The van der Waals surface area contributed by atoms with Crippen molar-refractivity contribution in [3.63, 3.8) is 0 Å². The fourth-order valence-corrected chi connectivity index (χ4v) is 5.08. The molecule has 2 aromatic heterocycles. The number of carbonyl (C=O) groups excluding carboxylic acids is 2. The van der Waals surface area contributed by atoms with Crippen LogP contribution in [-0.4, -0.2) is 37.6 Å². The Kier molecular flexibility index (Phi) is 7.16. The van der Waals surface area contributed by atoms with Gasteiger partial charge in [-0.15, -0.1) is 22.7 Å². The van der Waals surface area contributed by atoms with E-state index in [0.29, 0.717) is 17.1 Å². The molecule has 0 aliphatic rings. The van der Waals surface area contributed by atoms with Crippen LogP contribution in [0.15, 0.2) is 66.0 Å². The highest BCUT2D eigenvalue weighted by atomic mass is 32.1. The number of benzene rings is 2. The molecule has 4 aromatic rings. The van der Waals surface area contributed by atoms with Gasteiger partial charge in [0.1, 0.15) is 5.01 Å². The van der Waals surface area contributed by atoms with Gasteiger partial charge in [0, 0.05) is 16.0 Å². The van der Waals surface area contributed by atoms with Gasteiger partial charge < -0.3 is 14.2 Å². The van der Waals surface area contributed by atoms with Crippen LogP contribution in [0, 0.1) is 0 Å². The zero-order valence-corrected chi connectivity index (χ0v) is 19.7. The predicted octanol–water partition coefficient (Wildman–Crippen LogP) is 5.52. The molecule has 0 radical (unpaired) electrons. The van der Waals surface area contributed by atoms with Gasteiger partial charge in [-0.05, 0) is 29.6 Å². The molecule has 0 unspecified atom stereocenters. The molecule has 0 aliphatic heterocycles. The standard InChI is InChI=1S/C25H21NO5S2/c1-29-19-11-10-17(13-20(19)30-2)18(27)15-31-23(28)14-22-24(21-9-6-12-32-21)26-25(33-22)16-7-4-3-5-8-16/h3-13H,14-15H2,1-2H3. The van der Waals surface area contributed by atoms with Crippen molar-refractivity contribution in [2.24, 2.45) is 0 Å². The molecule has 6 nitrogen and oxygen atoms in total. The van der Waals surface area contributed by atoms with Gasteiger partial charge in [-0.2, -0.15) is 0 Å². The largest absolute Gasteiger partial charge is 0.493 e. The summed E-state index contributed by atoms with van der Waals surface area (Å²) in [6, 6.07) is 18.6. The Labute approximate surface area is 199 Å². The highest BCUT2D eigenvalue weighted by Gasteiger charge is 2.20. The molecule has 0 spiro atoms. The molecular weight excluding hydrogens is 458 g/mol. The van der Waals surface area contributed by atoms with E-state index < -0.39 is 5.97 Å². The molecule has 0 saturated carbocycles. The van der Waals surface area contributed by atoms with Crippen LogP contribution in [0.4, 0.5) is 0 Å². The van der Waals surface area contributed by atoms with Gasteiger partial charge in [0.25, 0.3) is 0 Å². The van der Waals surface area contributed by atoms with E-state index in [1.165, 1.54) is 25.6 Å². The van der Waals surface area contributed by atoms with Crippen LogP contribution in [0.25, 0.3) is 21.1 Å². The normalized spacial score (nSPS) is 10.6. The molecule has 4 rings (SSSR count). The number of nitrogens with zero attached hydrogens (tertiary/aromatic N) is 1. The van der Waals surface area contributed by atoms with Crippen LogP contribution >= 0.6 is 22.7 Å². The minimum absolute atomic E-state index is 0.0386. The van der Waals surface area contributed by atoms with Crippen LogP contribution in [0.3, 0.4) is 0 Å². The number of aromatic nitrogens is 1.